The number of hydrogen-bond acceptors (Lipinski definition) is 3. The molecule has 2 atom stereocenters. The number of carboxylic acids is 1. The van der Waals surface area contributed by atoms with Gasteiger partial charge in [-0.25, -0.2) is 0 Å². The van der Waals surface area contributed by atoms with Gasteiger partial charge in [0.05, 0.1) is 18.5 Å². The molecule has 2 aromatic carbocycles. The fraction of sp³-hybridized carbons (Fsp3) is 0.286. The minimum absolute atomic E-state index is 0.148. The molecule has 1 saturated heterocycles. The van der Waals surface area contributed by atoms with Gasteiger partial charge in [0.25, 0.3) is 11.8 Å². The Morgan fingerprint density at radius 2 is 1.30 bits per heavy atom. The summed E-state index contributed by atoms with van der Waals surface area (Å²) in [6.45, 7) is 2.47. The zero-order valence-electron chi connectivity index (χ0n) is 15.1. The zero-order chi connectivity index (χ0) is 19.4. The van der Waals surface area contributed by atoms with Gasteiger partial charge in [0.1, 0.15) is 0 Å². The maximum absolute atomic E-state index is 12.9. The molecular formula is C21H22N2O4. The van der Waals surface area contributed by atoms with Gasteiger partial charge in [-0.05, 0) is 31.2 Å². The molecule has 0 saturated carbocycles. The lowest BCUT2D eigenvalue weighted by Gasteiger charge is -2.46. The minimum atomic E-state index is -0.994. The topological polar surface area (TPSA) is 77.9 Å². The molecular weight excluding hydrogens is 344 g/mol. The molecule has 3 rings (SSSR count). The van der Waals surface area contributed by atoms with Crippen LogP contribution in [-0.4, -0.2) is 57.9 Å². The van der Waals surface area contributed by atoms with Gasteiger partial charge in [-0.3, -0.25) is 14.4 Å². The van der Waals surface area contributed by atoms with Crippen molar-refractivity contribution in [2.75, 3.05) is 13.1 Å². The second-order valence-corrected chi connectivity index (χ2v) is 6.63. The van der Waals surface area contributed by atoms with Gasteiger partial charge in [-0.1, -0.05) is 36.4 Å². The lowest BCUT2D eigenvalue weighted by atomic mass is 9.97. The number of amides is 2. The van der Waals surface area contributed by atoms with E-state index in [2.05, 4.69) is 0 Å². The first kappa shape index (κ1) is 18.6. The van der Waals surface area contributed by atoms with Crippen molar-refractivity contribution in [1.29, 1.82) is 0 Å². The quantitative estimate of drug-likeness (QED) is 0.902. The van der Waals surface area contributed by atoms with E-state index in [4.69, 9.17) is 0 Å². The molecule has 0 bridgehead atoms. The Morgan fingerprint density at radius 1 is 0.852 bits per heavy atom. The largest absolute Gasteiger partial charge is 0.481 e. The van der Waals surface area contributed by atoms with Crippen molar-refractivity contribution in [3.8, 4) is 0 Å². The molecule has 140 valence electrons. The maximum atomic E-state index is 12.9. The predicted molar refractivity (Wildman–Crippen MR) is 100 cm³/mol. The number of piperazine rings is 1. The molecule has 1 heterocycles. The molecule has 0 aromatic heterocycles. The Hall–Kier alpha value is -3.15. The van der Waals surface area contributed by atoms with Crippen LogP contribution in [-0.2, 0) is 4.79 Å². The molecule has 0 unspecified atom stereocenters. The Morgan fingerprint density at radius 3 is 1.78 bits per heavy atom. The van der Waals surface area contributed by atoms with Gasteiger partial charge in [-0.15, -0.1) is 0 Å². The van der Waals surface area contributed by atoms with Crippen LogP contribution in [0.4, 0.5) is 0 Å². The van der Waals surface area contributed by atoms with Crippen LogP contribution in [0, 0.1) is 0 Å². The first-order valence-electron chi connectivity index (χ1n) is 8.93. The summed E-state index contributed by atoms with van der Waals surface area (Å²) < 4.78 is 0. The Bertz CT molecular complexity index is 823. The summed E-state index contributed by atoms with van der Waals surface area (Å²) in [5, 5.41) is 9.35. The lowest BCUT2D eigenvalue weighted by molar-refractivity contribution is -0.139. The van der Waals surface area contributed by atoms with Crippen LogP contribution in [0.2, 0.25) is 0 Å². The molecule has 27 heavy (non-hydrogen) atoms. The molecule has 0 aliphatic carbocycles. The SMILES string of the molecule is C[C@@H]1[C@@H](CC(=O)O)N(C(=O)c2ccccc2)CCN1C(=O)c1ccccc1. The fourth-order valence-corrected chi connectivity index (χ4v) is 3.54. The summed E-state index contributed by atoms with van der Waals surface area (Å²) >= 11 is 0. The second-order valence-electron chi connectivity index (χ2n) is 6.63. The third kappa shape index (κ3) is 4.00. The third-order valence-corrected chi connectivity index (χ3v) is 4.98. The van der Waals surface area contributed by atoms with Crippen LogP contribution >= 0.6 is 0 Å². The fourth-order valence-electron chi connectivity index (χ4n) is 3.54. The normalized spacial score (nSPS) is 19.6. The van der Waals surface area contributed by atoms with Gasteiger partial charge < -0.3 is 14.9 Å². The molecule has 2 aromatic rings. The highest BCUT2D eigenvalue weighted by Gasteiger charge is 2.39. The summed E-state index contributed by atoms with van der Waals surface area (Å²) in [5.41, 5.74) is 1.07. The maximum Gasteiger partial charge on any atom is 0.305 e. The van der Waals surface area contributed by atoms with Crippen LogP contribution < -0.4 is 0 Å². The highest BCUT2D eigenvalue weighted by molar-refractivity contribution is 5.96. The number of carbonyl (C=O) groups is 3. The molecule has 1 aliphatic rings. The Kier molecular flexibility index (Phi) is 5.54. The van der Waals surface area contributed by atoms with Gasteiger partial charge in [0.15, 0.2) is 0 Å². The molecule has 0 spiro atoms. The molecule has 2 amide bonds. The van der Waals surface area contributed by atoms with Crippen LogP contribution in [0.15, 0.2) is 60.7 Å². The summed E-state index contributed by atoms with van der Waals surface area (Å²) in [4.78, 5) is 40.4. The van der Waals surface area contributed by atoms with Crippen molar-refractivity contribution in [3.63, 3.8) is 0 Å². The van der Waals surface area contributed by atoms with Gasteiger partial charge in [-0.2, -0.15) is 0 Å². The average Bonchev–Trinajstić information content (AvgIpc) is 2.69. The molecule has 1 aliphatic heterocycles. The van der Waals surface area contributed by atoms with Crippen LogP contribution in [0.5, 0.6) is 0 Å². The number of carboxylic acid groups (broad SMARTS) is 1. The van der Waals surface area contributed by atoms with E-state index in [0.29, 0.717) is 24.2 Å². The van der Waals surface area contributed by atoms with Gasteiger partial charge in [0.2, 0.25) is 0 Å². The average molecular weight is 366 g/mol. The van der Waals surface area contributed by atoms with Crippen molar-refractivity contribution in [2.45, 2.75) is 25.4 Å². The molecule has 6 heteroatoms. The van der Waals surface area contributed by atoms with Crippen molar-refractivity contribution in [2.24, 2.45) is 0 Å². The van der Waals surface area contributed by atoms with E-state index in [0.717, 1.165) is 0 Å². The van der Waals surface area contributed by atoms with Crippen molar-refractivity contribution < 1.29 is 19.5 Å². The zero-order valence-corrected chi connectivity index (χ0v) is 15.1. The van der Waals surface area contributed by atoms with E-state index in [1.165, 1.54) is 0 Å². The van der Waals surface area contributed by atoms with Crippen molar-refractivity contribution >= 4 is 17.8 Å². The number of benzene rings is 2. The van der Waals surface area contributed by atoms with Crippen LogP contribution in [0.3, 0.4) is 0 Å². The molecule has 6 nitrogen and oxygen atoms in total. The number of rotatable bonds is 4. The van der Waals surface area contributed by atoms with E-state index in [9.17, 15) is 19.5 Å². The summed E-state index contributed by atoms with van der Waals surface area (Å²) in [7, 11) is 0. The number of hydrogen-bond donors (Lipinski definition) is 1. The predicted octanol–water partition coefficient (Wildman–Crippen LogP) is 2.52. The minimum Gasteiger partial charge on any atom is -0.481 e. The number of nitrogens with zero attached hydrogens (tertiary/aromatic N) is 2. The first-order valence-corrected chi connectivity index (χ1v) is 8.93. The van der Waals surface area contributed by atoms with E-state index in [1.807, 2.05) is 12.1 Å². The van der Waals surface area contributed by atoms with Gasteiger partial charge in [0, 0.05) is 24.2 Å². The highest BCUT2D eigenvalue weighted by Crippen LogP contribution is 2.24. The second kappa shape index (κ2) is 8.03. The number of carbonyl (C=O) groups excluding carboxylic acids is 2. The summed E-state index contributed by atoms with van der Waals surface area (Å²) in [6.07, 6.45) is -0.210. The smallest absolute Gasteiger partial charge is 0.305 e. The van der Waals surface area contributed by atoms with Gasteiger partial charge >= 0.3 is 5.97 Å². The Balaban J connectivity index is 1.86. The lowest BCUT2D eigenvalue weighted by Crippen LogP contribution is -2.61. The van der Waals surface area contributed by atoms with Crippen molar-refractivity contribution in [3.05, 3.63) is 71.8 Å². The molecule has 1 fully saturated rings. The molecule has 1 N–H and O–H groups in total. The van der Waals surface area contributed by atoms with Crippen LogP contribution in [0.25, 0.3) is 0 Å². The van der Waals surface area contributed by atoms with E-state index < -0.39 is 18.1 Å². The van der Waals surface area contributed by atoms with E-state index >= 15 is 0 Å². The van der Waals surface area contributed by atoms with E-state index in [1.54, 1.807) is 65.3 Å². The van der Waals surface area contributed by atoms with Crippen LogP contribution in [0.1, 0.15) is 34.1 Å². The Labute approximate surface area is 158 Å². The molecule has 0 radical (unpaired) electrons. The van der Waals surface area contributed by atoms with E-state index in [-0.39, 0.29) is 18.2 Å². The summed E-state index contributed by atoms with van der Waals surface area (Å²) in [5.74, 6) is -1.35. The standard InChI is InChI=1S/C21H22N2O4/c1-15-18(14-19(24)25)23(21(27)17-10-6-3-7-11-17)13-12-22(15)20(26)16-8-4-2-5-9-16/h2-11,15,18H,12-14H2,1H3,(H,24,25)/t15-,18-/m1/s1. The number of aliphatic carboxylic acids is 1. The monoisotopic (exact) mass is 366 g/mol. The van der Waals surface area contributed by atoms with Crippen molar-refractivity contribution in [1.82, 2.24) is 9.80 Å². The first-order chi connectivity index (χ1) is 13.0. The highest BCUT2D eigenvalue weighted by atomic mass is 16.4. The summed E-state index contributed by atoms with van der Waals surface area (Å²) in [6, 6.07) is 16.7. The third-order valence-electron chi connectivity index (χ3n) is 4.98.